The van der Waals surface area contributed by atoms with Gasteiger partial charge in [-0.1, -0.05) is 6.07 Å². The molecule has 2 amide bonds. The molecule has 3 N–H and O–H groups in total. The van der Waals surface area contributed by atoms with Gasteiger partial charge in [-0.2, -0.15) is 0 Å². The monoisotopic (exact) mass is 221 g/mol. The van der Waals surface area contributed by atoms with Crippen LogP contribution in [-0.4, -0.2) is 22.3 Å². The number of pyridine rings is 1. The largest absolute Gasteiger partial charge is 0.364 e. The number of hydrogen-bond acceptors (Lipinski definition) is 3. The van der Waals surface area contributed by atoms with Crippen LogP contribution in [0.4, 0.5) is 0 Å². The van der Waals surface area contributed by atoms with E-state index in [-0.39, 0.29) is 22.8 Å². The van der Waals surface area contributed by atoms with Crippen LogP contribution in [0, 0.1) is 0 Å². The second kappa shape index (κ2) is 4.30. The fourth-order valence-electron chi connectivity index (χ4n) is 1.10. The van der Waals surface area contributed by atoms with Crippen molar-refractivity contribution in [2.24, 2.45) is 5.73 Å². The highest BCUT2D eigenvalue weighted by atomic mass is 16.2. The molecule has 0 aliphatic rings. The van der Waals surface area contributed by atoms with E-state index in [1.165, 1.54) is 12.1 Å². The summed E-state index contributed by atoms with van der Waals surface area (Å²) in [6, 6.07) is 4.58. The zero-order valence-electron chi connectivity index (χ0n) is 9.57. The van der Waals surface area contributed by atoms with Crippen molar-refractivity contribution in [2.45, 2.75) is 26.3 Å². The van der Waals surface area contributed by atoms with E-state index >= 15 is 0 Å². The van der Waals surface area contributed by atoms with Gasteiger partial charge >= 0.3 is 0 Å². The van der Waals surface area contributed by atoms with Crippen LogP contribution in [0.15, 0.2) is 18.2 Å². The average Bonchev–Trinajstić information content (AvgIpc) is 2.15. The number of carbonyl (C=O) groups is 2. The standard InChI is InChI=1S/C11H15N3O2/c1-11(2,3)14-10(16)8-6-4-5-7(13-8)9(12)15/h4-6H,1-3H3,(H2,12,15)(H,14,16). The Labute approximate surface area is 94.1 Å². The van der Waals surface area contributed by atoms with Crippen LogP contribution in [0.25, 0.3) is 0 Å². The van der Waals surface area contributed by atoms with E-state index < -0.39 is 5.91 Å². The third-order valence-corrected chi connectivity index (χ3v) is 1.72. The third-order valence-electron chi connectivity index (χ3n) is 1.72. The predicted octanol–water partition coefficient (Wildman–Crippen LogP) is 0.709. The van der Waals surface area contributed by atoms with Gasteiger partial charge in [-0.15, -0.1) is 0 Å². The van der Waals surface area contributed by atoms with Crippen LogP contribution in [0.3, 0.4) is 0 Å². The second-order valence-electron chi connectivity index (χ2n) is 4.48. The van der Waals surface area contributed by atoms with Crippen LogP contribution >= 0.6 is 0 Å². The number of rotatable bonds is 2. The highest BCUT2D eigenvalue weighted by molar-refractivity contribution is 5.95. The van der Waals surface area contributed by atoms with Crippen molar-refractivity contribution in [2.75, 3.05) is 0 Å². The Morgan fingerprint density at radius 3 is 2.31 bits per heavy atom. The zero-order chi connectivity index (χ0) is 12.3. The molecule has 0 atom stereocenters. The molecule has 1 rings (SSSR count). The molecule has 0 radical (unpaired) electrons. The number of primary amides is 1. The van der Waals surface area contributed by atoms with Crippen LogP contribution < -0.4 is 11.1 Å². The van der Waals surface area contributed by atoms with Crippen molar-refractivity contribution in [3.8, 4) is 0 Å². The number of aromatic nitrogens is 1. The van der Waals surface area contributed by atoms with Crippen LogP contribution in [0.1, 0.15) is 41.7 Å². The molecule has 0 bridgehead atoms. The Bertz CT molecular complexity index is 421. The lowest BCUT2D eigenvalue weighted by Gasteiger charge is -2.20. The Hall–Kier alpha value is -1.91. The normalized spacial score (nSPS) is 10.9. The fraction of sp³-hybridized carbons (Fsp3) is 0.364. The first-order valence-electron chi connectivity index (χ1n) is 4.89. The minimum Gasteiger partial charge on any atom is -0.364 e. The van der Waals surface area contributed by atoms with E-state index in [9.17, 15) is 9.59 Å². The molecule has 0 unspecified atom stereocenters. The van der Waals surface area contributed by atoms with Gasteiger partial charge in [0.1, 0.15) is 11.4 Å². The fourth-order valence-corrected chi connectivity index (χ4v) is 1.10. The van der Waals surface area contributed by atoms with Gasteiger partial charge < -0.3 is 11.1 Å². The van der Waals surface area contributed by atoms with Crippen LogP contribution in [-0.2, 0) is 0 Å². The third kappa shape index (κ3) is 3.34. The quantitative estimate of drug-likeness (QED) is 0.771. The molecule has 0 saturated carbocycles. The van der Waals surface area contributed by atoms with Gasteiger partial charge in [0.05, 0.1) is 0 Å². The van der Waals surface area contributed by atoms with E-state index in [4.69, 9.17) is 5.73 Å². The summed E-state index contributed by atoms with van der Waals surface area (Å²) in [5.74, 6) is -0.971. The number of amides is 2. The van der Waals surface area contributed by atoms with Gasteiger partial charge in [0.15, 0.2) is 0 Å². The highest BCUT2D eigenvalue weighted by Crippen LogP contribution is 2.03. The maximum Gasteiger partial charge on any atom is 0.270 e. The lowest BCUT2D eigenvalue weighted by molar-refractivity contribution is 0.0914. The zero-order valence-corrected chi connectivity index (χ0v) is 9.57. The molecule has 0 fully saturated rings. The van der Waals surface area contributed by atoms with Gasteiger partial charge in [-0.3, -0.25) is 9.59 Å². The molecule has 0 aromatic carbocycles. The van der Waals surface area contributed by atoms with Crippen molar-refractivity contribution < 1.29 is 9.59 Å². The van der Waals surface area contributed by atoms with E-state index in [2.05, 4.69) is 10.3 Å². The summed E-state index contributed by atoms with van der Waals surface area (Å²) in [6.45, 7) is 5.59. The summed E-state index contributed by atoms with van der Waals surface area (Å²) < 4.78 is 0. The molecule has 5 nitrogen and oxygen atoms in total. The highest BCUT2D eigenvalue weighted by Gasteiger charge is 2.16. The van der Waals surface area contributed by atoms with E-state index in [0.29, 0.717) is 0 Å². The molecular weight excluding hydrogens is 206 g/mol. The minimum atomic E-state index is -0.648. The van der Waals surface area contributed by atoms with Gasteiger partial charge in [0, 0.05) is 5.54 Å². The summed E-state index contributed by atoms with van der Waals surface area (Å²) >= 11 is 0. The van der Waals surface area contributed by atoms with Gasteiger partial charge in [0.2, 0.25) is 0 Å². The van der Waals surface area contributed by atoms with Crippen molar-refractivity contribution in [1.29, 1.82) is 0 Å². The number of carbonyl (C=O) groups excluding carboxylic acids is 2. The van der Waals surface area contributed by atoms with Gasteiger partial charge in [0.25, 0.3) is 11.8 Å². The molecular formula is C11H15N3O2. The number of nitrogens with one attached hydrogen (secondary N) is 1. The summed E-state index contributed by atoms with van der Waals surface area (Å²) in [6.07, 6.45) is 0. The Morgan fingerprint density at radius 2 is 1.81 bits per heavy atom. The maximum absolute atomic E-state index is 11.7. The first-order chi connectivity index (χ1) is 7.29. The van der Waals surface area contributed by atoms with E-state index in [1.807, 2.05) is 20.8 Å². The Morgan fingerprint density at radius 1 is 1.25 bits per heavy atom. The molecule has 0 aliphatic heterocycles. The summed E-state index contributed by atoms with van der Waals surface area (Å²) in [5.41, 5.74) is 5.00. The number of nitrogens with zero attached hydrogens (tertiary/aromatic N) is 1. The predicted molar refractivity (Wildman–Crippen MR) is 60.0 cm³/mol. The number of nitrogens with two attached hydrogens (primary N) is 1. The summed E-state index contributed by atoms with van der Waals surface area (Å²) in [4.78, 5) is 26.5. The first kappa shape index (κ1) is 12.2. The van der Waals surface area contributed by atoms with Crippen molar-refractivity contribution in [3.63, 3.8) is 0 Å². The van der Waals surface area contributed by atoms with Gasteiger partial charge in [-0.05, 0) is 32.9 Å². The first-order valence-corrected chi connectivity index (χ1v) is 4.89. The lowest BCUT2D eigenvalue weighted by atomic mass is 10.1. The Balaban J connectivity index is 2.92. The van der Waals surface area contributed by atoms with Crippen LogP contribution in [0.2, 0.25) is 0 Å². The van der Waals surface area contributed by atoms with Crippen molar-refractivity contribution >= 4 is 11.8 Å². The summed E-state index contributed by atoms with van der Waals surface area (Å²) in [7, 11) is 0. The second-order valence-corrected chi connectivity index (χ2v) is 4.48. The number of hydrogen-bond donors (Lipinski definition) is 2. The molecule has 1 heterocycles. The lowest BCUT2D eigenvalue weighted by Crippen LogP contribution is -2.41. The molecule has 0 aliphatic carbocycles. The molecule has 1 aromatic heterocycles. The molecule has 0 saturated heterocycles. The molecule has 5 heteroatoms. The molecule has 0 spiro atoms. The maximum atomic E-state index is 11.7. The molecule has 1 aromatic rings. The summed E-state index contributed by atoms with van der Waals surface area (Å²) in [5, 5.41) is 2.75. The smallest absolute Gasteiger partial charge is 0.270 e. The Kier molecular flexibility index (Phi) is 3.27. The average molecular weight is 221 g/mol. The molecule has 16 heavy (non-hydrogen) atoms. The molecule has 86 valence electrons. The SMILES string of the molecule is CC(C)(C)NC(=O)c1cccc(C(N)=O)n1. The van der Waals surface area contributed by atoms with Gasteiger partial charge in [-0.25, -0.2) is 4.98 Å². The van der Waals surface area contributed by atoms with Crippen LogP contribution in [0.5, 0.6) is 0 Å². The van der Waals surface area contributed by atoms with Crippen molar-refractivity contribution in [1.82, 2.24) is 10.3 Å². The minimum absolute atomic E-state index is 0.0848. The topological polar surface area (TPSA) is 85.1 Å². The van der Waals surface area contributed by atoms with Crippen molar-refractivity contribution in [3.05, 3.63) is 29.6 Å². The van der Waals surface area contributed by atoms with E-state index in [0.717, 1.165) is 0 Å². The van der Waals surface area contributed by atoms with E-state index in [1.54, 1.807) is 6.07 Å².